The average Bonchev–Trinajstić information content (AvgIpc) is 3.97. The third-order valence-electron chi connectivity index (χ3n) is 13.3. The van der Waals surface area contributed by atoms with Crippen LogP contribution in [0.3, 0.4) is 0 Å². The molecule has 290 valence electrons. The third kappa shape index (κ3) is 4.65. The number of aryl methyl sites for hydroxylation is 2. The second-order valence-electron chi connectivity index (χ2n) is 16.9. The Bertz CT molecular complexity index is 3820. The molecule has 5 heterocycles. The zero-order valence-corrected chi connectivity index (χ0v) is 34.8. The van der Waals surface area contributed by atoms with Gasteiger partial charge in [0.25, 0.3) is 6.71 Å². The van der Waals surface area contributed by atoms with Crippen LogP contribution in [0.5, 0.6) is 11.5 Å². The highest BCUT2D eigenvalue weighted by molar-refractivity contribution is 8.00. The lowest BCUT2D eigenvalue weighted by Crippen LogP contribution is -2.57. The number of rotatable bonds is 3. The summed E-state index contributed by atoms with van der Waals surface area (Å²) in [4.78, 5) is 2.57. The fourth-order valence-corrected chi connectivity index (χ4v) is 11.9. The van der Waals surface area contributed by atoms with Gasteiger partial charge in [0.1, 0.15) is 22.7 Å². The molecule has 0 unspecified atom stereocenters. The SMILES string of the molecule is Cc1ccc2c(c1)B1c3cc(C)ccc3Sc3cc(-c4ccc(-n5c6ccccc6c6c7oc8ccccc8c7c7c(c8ccccc8n7-c7ccccc7)c65)cc4)cc(c31)O2. The van der Waals surface area contributed by atoms with E-state index in [9.17, 15) is 0 Å². The van der Waals surface area contributed by atoms with Gasteiger partial charge >= 0.3 is 0 Å². The molecule has 0 aliphatic carbocycles. The molecule has 0 radical (unpaired) electrons. The maximum Gasteiger partial charge on any atom is 0.253 e. The molecule has 12 aromatic rings. The van der Waals surface area contributed by atoms with E-state index in [0.717, 1.165) is 88.8 Å². The minimum Gasteiger partial charge on any atom is -0.458 e. The van der Waals surface area contributed by atoms with Crippen molar-refractivity contribution in [2.45, 2.75) is 23.6 Å². The average molecular weight is 811 g/mol. The van der Waals surface area contributed by atoms with Crippen LogP contribution < -0.4 is 21.1 Å². The van der Waals surface area contributed by atoms with Crippen LogP contribution in [0.15, 0.2) is 190 Å². The van der Waals surface area contributed by atoms with Crippen molar-refractivity contribution >= 4 is 100 Å². The van der Waals surface area contributed by atoms with Gasteiger partial charge in [0, 0.05) is 42.7 Å². The van der Waals surface area contributed by atoms with Gasteiger partial charge in [-0.25, -0.2) is 0 Å². The molecule has 0 fully saturated rings. The van der Waals surface area contributed by atoms with Crippen molar-refractivity contribution in [3.8, 4) is 34.0 Å². The molecular weight excluding hydrogens is 776 g/mol. The molecule has 2 aliphatic rings. The van der Waals surface area contributed by atoms with E-state index in [1.165, 1.54) is 48.1 Å². The highest BCUT2D eigenvalue weighted by Gasteiger charge is 2.39. The van der Waals surface area contributed by atoms with E-state index >= 15 is 0 Å². The second kappa shape index (κ2) is 12.6. The van der Waals surface area contributed by atoms with E-state index < -0.39 is 0 Å². The largest absolute Gasteiger partial charge is 0.458 e. The fraction of sp³-hybridized carbons (Fsp3) is 0.0357. The molecule has 0 spiro atoms. The van der Waals surface area contributed by atoms with Crippen LogP contribution in [0.2, 0.25) is 0 Å². The molecule has 0 saturated heterocycles. The summed E-state index contributed by atoms with van der Waals surface area (Å²) in [7, 11) is 0. The lowest BCUT2D eigenvalue weighted by atomic mass is 9.35. The summed E-state index contributed by atoms with van der Waals surface area (Å²) in [5.41, 5.74) is 17.3. The smallest absolute Gasteiger partial charge is 0.253 e. The van der Waals surface area contributed by atoms with Gasteiger partial charge in [-0.15, -0.1) is 0 Å². The van der Waals surface area contributed by atoms with Crippen molar-refractivity contribution < 1.29 is 9.15 Å². The zero-order chi connectivity index (χ0) is 40.8. The van der Waals surface area contributed by atoms with Crippen molar-refractivity contribution in [1.29, 1.82) is 0 Å². The minimum absolute atomic E-state index is 0.134. The van der Waals surface area contributed by atoms with Crippen LogP contribution >= 0.6 is 11.8 Å². The van der Waals surface area contributed by atoms with Gasteiger partial charge in [0.2, 0.25) is 0 Å². The van der Waals surface area contributed by atoms with E-state index in [0.29, 0.717) is 0 Å². The molecule has 9 aromatic carbocycles. The number of fused-ring (bicyclic) bond motifs is 16. The van der Waals surface area contributed by atoms with Crippen LogP contribution in [0.4, 0.5) is 0 Å². The topological polar surface area (TPSA) is 32.2 Å². The molecule has 14 rings (SSSR count). The van der Waals surface area contributed by atoms with Gasteiger partial charge in [0.05, 0.1) is 32.8 Å². The van der Waals surface area contributed by atoms with E-state index in [4.69, 9.17) is 9.15 Å². The number of hydrogen-bond donors (Lipinski definition) is 0. The Morgan fingerprint density at radius 3 is 1.84 bits per heavy atom. The van der Waals surface area contributed by atoms with Gasteiger partial charge in [-0.2, -0.15) is 0 Å². The van der Waals surface area contributed by atoms with Crippen LogP contribution in [0.1, 0.15) is 11.1 Å². The molecule has 4 nitrogen and oxygen atoms in total. The monoisotopic (exact) mass is 810 g/mol. The Balaban J connectivity index is 1.02. The standard InChI is InChI=1S/C56H35BN2O2S/c1-32-20-26-46-41(28-32)57-42-29-33(2)21-27-48(42)62-49-31-35(30-47(60-46)53(49)57)34-22-24-37(25-23-34)59-44-18-10-7-15-39(44)51-54(59)50-38-14-6-9-17-43(38)58(36-12-4-3-5-13-36)55(50)52-40-16-8-11-19-45(40)61-56(51)52/h3-31H,1-2H3. The lowest BCUT2D eigenvalue weighted by Gasteiger charge is -2.33. The van der Waals surface area contributed by atoms with Crippen molar-refractivity contribution in [1.82, 2.24) is 9.13 Å². The van der Waals surface area contributed by atoms with Gasteiger partial charge in [-0.1, -0.05) is 138 Å². The Morgan fingerprint density at radius 1 is 0.468 bits per heavy atom. The molecule has 0 bridgehead atoms. The van der Waals surface area contributed by atoms with Crippen LogP contribution in [0, 0.1) is 13.8 Å². The van der Waals surface area contributed by atoms with Crippen LogP contribution in [-0.4, -0.2) is 15.8 Å². The second-order valence-corrected chi connectivity index (χ2v) is 18.0. The quantitative estimate of drug-likeness (QED) is 0.167. The number of para-hydroxylation sites is 4. The zero-order valence-electron chi connectivity index (χ0n) is 33.9. The van der Waals surface area contributed by atoms with Crippen molar-refractivity contribution in [3.05, 3.63) is 187 Å². The third-order valence-corrected chi connectivity index (χ3v) is 14.5. The molecule has 6 heteroatoms. The maximum atomic E-state index is 6.99. The number of nitrogens with zero attached hydrogens (tertiary/aromatic N) is 2. The molecule has 62 heavy (non-hydrogen) atoms. The minimum atomic E-state index is 0.134. The highest BCUT2D eigenvalue weighted by atomic mass is 32.2. The first kappa shape index (κ1) is 34.3. The van der Waals surface area contributed by atoms with Crippen LogP contribution in [0.25, 0.3) is 88.1 Å². The molecule has 3 aromatic heterocycles. The first-order valence-electron chi connectivity index (χ1n) is 21.3. The summed E-state index contributed by atoms with van der Waals surface area (Å²) in [5, 5.41) is 6.96. The van der Waals surface area contributed by atoms with Gasteiger partial charge in [-0.3, -0.25) is 0 Å². The Labute approximate surface area is 361 Å². The molecule has 2 aliphatic heterocycles. The number of aromatic nitrogens is 2. The molecular formula is C56H35BN2O2S. The van der Waals surface area contributed by atoms with Crippen LogP contribution in [-0.2, 0) is 0 Å². The predicted octanol–water partition coefficient (Wildman–Crippen LogP) is 13.2. The van der Waals surface area contributed by atoms with E-state index in [2.05, 4.69) is 199 Å². The van der Waals surface area contributed by atoms with Crippen molar-refractivity contribution in [2.24, 2.45) is 0 Å². The highest BCUT2D eigenvalue weighted by Crippen LogP contribution is 2.50. The number of benzene rings is 9. The molecule has 0 saturated carbocycles. The Morgan fingerprint density at radius 2 is 1.08 bits per heavy atom. The number of hydrogen-bond acceptors (Lipinski definition) is 3. The van der Waals surface area contributed by atoms with Gasteiger partial charge < -0.3 is 18.3 Å². The Kier molecular flexibility index (Phi) is 6.96. The predicted molar refractivity (Wildman–Crippen MR) is 259 cm³/mol. The number of ether oxygens (including phenoxy) is 1. The number of furan rings is 1. The molecule has 0 atom stereocenters. The molecule has 0 N–H and O–H groups in total. The normalized spacial score (nSPS) is 13.0. The van der Waals surface area contributed by atoms with Gasteiger partial charge in [0.15, 0.2) is 0 Å². The fourth-order valence-electron chi connectivity index (χ4n) is 10.7. The summed E-state index contributed by atoms with van der Waals surface area (Å²) in [6.45, 7) is 4.49. The maximum absolute atomic E-state index is 6.99. The van der Waals surface area contributed by atoms with E-state index in [1.54, 1.807) is 0 Å². The summed E-state index contributed by atoms with van der Waals surface area (Å²) in [5.74, 6) is 1.88. The van der Waals surface area contributed by atoms with Crippen molar-refractivity contribution in [2.75, 3.05) is 0 Å². The summed E-state index contributed by atoms with van der Waals surface area (Å²) >= 11 is 1.86. The lowest BCUT2D eigenvalue weighted by molar-refractivity contribution is 0.486. The summed E-state index contributed by atoms with van der Waals surface area (Å²) in [6.07, 6.45) is 0. The Hall–Kier alpha value is -7.41. The molecule has 0 amide bonds. The van der Waals surface area contributed by atoms with Crippen molar-refractivity contribution in [3.63, 3.8) is 0 Å². The van der Waals surface area contributed by atoms with E-state index in [1.807, 2.05) is 11.8 Å². The van der Waals surface area contributed by atoms with E-state index in [-0.39, 0.29) is 6.71 Å². The first-order valence-corrected chi connectivity index (χ1v) is 22.1. The summed E-state index contributed by atoms with van der Waals surface area (Å²) in [6, 6.07) is 64.1. The summed E-state index contributed by atoms with van der Waals surface area (Å²) < 4.78 is 18.7. The first-order chi connectivity index (χ1) is 30.6. The van der Waals surface area contributed by atoms with Gasteiger partial charge in [-0.05, 0) is 103 Å².